The summed E-state index contributed by atoms with van der Waals surface area (Å²) in [6.45, 7) is 5.74. The summed E-state index contributed by atoms with van der Waals surface area (Å²) >= 11 is 0. The number of hydrogen-bond donors (Lipinski definition) is 2. The molecule has 3 aromatic rings. The van der Waals surface area contributed by atoms with E-state index in [1.54, 1.807) is 0 Å². The molecule has 10 heteroatoms. The van der Waals surface area contributed by atoms with Crippen molar-refractivity contribution in [2.24, 2.45) is 0 Å². The van der Waals surface area contributed by atoms with E-state index in [0.29, 0.717) is 11.0 Å². The topological polar surface area (TPSA) is 117 Å². The highest BCUT2D eigenvalue weighted by atomic mass is 16.8. The molecule has 10 nitrogen and oxygen atoms in total. The van der Waals surface area contributed by atoms with Gasteiger partial charge in [-0.2, -0.15) is 0 Å². The van der Waals surface area contributed by atoms with Gasteiger partial charge in [-0.15, -0.1) is 0 Å². The zero-order valence-electron chi connectivity index (χ0n) is 19.7. The fraction of sp³-hybridized carbons (Fsp3) is 0.440. The number of carbonyl (C=O) groups excluding carboxylic acids is 2. The molecule has 3 aliphatic rings. The molecule has 35 heavy (non-hydrogen) atoms. The molecule has 4 atom stereocenters. The Kier molecular flexibility index (Phi) is 5.13. The van der Waals surface area contributed by atoms with Gasteiger partial charge in [-0.05, 0) is 39.2 Å². The number of hydrogen-bond acceptors (Lipinski definition) is 7. The predicted octanol–water partition coefficient (Wildman–Crippen LogP) is 2.75. The largest absolute Gasteiger partial charge is 0.349 e. The number of aromatic nitrogens is 3. The smallest absolute Gasteiger partial charge is 0.314 e. The van der Waals surface area contributed by atoms with E-state index in [9.17, 15) is 9.59 Å². The van der Waals surface area contributed by atoms with Crippen molar-refractivity contribution in [3.05, 3.63) is 42.9 Å². The summed E-state index contributed by atoms with van der Waals surface area (Å²) in [5.41, 5.74) is 2.27. The third kappa shape index (κ3) is 3.97. The normalized spacial score (nSPS) is 27.1. The molecule has 0 bridgehead atoms. The minimum atomic E-state index is -0.760. The van der Waals surface area contributed by atoms with Crippen LogP contribution in [0.5, 0.6) is 0 Å². The summed E-state index contributed by atoms with van der Waals surface area (Å²) in [5, 5.41) is 6.01. The Morgan fingerprint density at radius 1 is 1.06 bits per heavy atom. The number of ether oxygens (including phenoxy) is 3. The monoisotopic (exact) mass is 477 g/mol. The number of nitrogens with one attached hydrogen (secondary N) is 2. The lowest BCUT2D eigenvalue weighted by atomic mass is 10.1. The van der Waals surface area contributed by atoms with Crippen LogP contribution in [0.2, 0.25) is 0 Å². The average molecular weight is 478 g/mol. The summed E-state index contributed by atoms with van der Waals surface area (Å²) in [4.78, 5) is 33.8. The predicted molar refractivity (Wildman–Crippen MR) is 126 cm³/mol. The van der Waals surface area contributed by atoms with Gasteiger partial charge in [0.25, 0.3) is 0 Å². The van der Waals surface area contributed by atoms with Gasteiger partial charge in [0.05, 0.1) is 11.5 Å². The second-order valence-corrected chi connectivity index (χ2v) is 9.74. The molecule has 1 aromatic carbocycles. The molecule has 1 aliphatic carbocycles. The zero-order chi connectivity index (χ0) is 24.3. The average Bonchev–Trinajstić information content (AvgIpc) is 3.37. The molecule has 2 amide bonds. The van der Waals surface area contributed by atoms with Gasteiger partial charge in [0.1, 0.15) is 30.0 Å². The van der Waals surface area contributed by atoms with Gasteiger partial charge in [-0.25, -0.2) is 9.97 Å². The molecule has 2 saturated heterocycles. The molecular weight excluding hydrogens is 450 g/mol. The Morgan fingerprint density at radius 2 is 1.80 bits per heavy atom. The van der Waals surface area contributed by atoms with Crippen LogP contribution in [-0.2, 0) is 23.8 Å². The molecule has 2 aromatic heterocycles. The van der Waals surface area contributed by atoms with E-state index in [2.05, 4.69) is 20.6 Å². The van der Waals surface area contributed by atoms with Gasteiger partial charge in [0, 0.05) is 17.8 Å². The standard InChI is InChI=1S/C25H27N5O5/c1-13-18-19(35-25(2,3)34-18)24(33-13)30-11-16(14-7-5-4-6-8-14)17-20(26-12-27-21(17)30)29-23(32)22(31)28-15-9-10-15/h4-8,11-13,15,18-19,24H,9-10H2,1-3H3,(H,28,31)(H,26,27,29,32)/t13-,18-,19-,24-/m1/s1. The Hall–Kier alpha value is -3.34. The second-order valence-electron chi connectivity index (χ2n) is 9.74. The van der Waals surface area contributed by atoms with Gasteiger partial charge in [0.2, 0.25) is 0 Å². The Bertz CT molecular complexity index is 1300. The van der Waals surface area contributed by atoms with Crippen LogP contribution in [0.1, 0.15) is 39.8 Å². The number of anilines is 1. The number of amides is 2. The van der Waals surface area contributed by atoms with Crippen molar-refractivity contribution < 1.29 is 23.8 Å². The van der Waals surface area contributed by atoms with Crippen molar-refractivity contribution >= 4 is 28.7 Å². The van der Waals surface area contributed by atoms with Gasteiger partial charge in [0.15, 0.2) is 12.0 Å². The summed E-state index contributed by atoms with van der Waals surface area (Å²) < 4.78 is 20.5. The highest BCUT2D eigenvalue weighted by Crippen LogP contribution is 2.45. The van der Waals surface area contributed by atoms with Crippen LogP contribution in [0.3, 0.4) is 0 Å². The molecule has 182 valence electrons. The maximum atomic E-state index is 12.6. The van der Waals surface area contributed by atoms with Crippen molar-refractivity contribution in [2.45, 2.75) is 70.0 Å². The maximum absolute atomic E-state index is 12.6. The first-order valence-corrected chi connectivity index (χ1v) is 11.8. The van der Waals surface area contributed by atoms with Crippen molar-refractivity contribution in [3.8, 4) is 11.1 Å². The van der Waals surface area contributed by atoms with Crippen molar-refractivity contribution in [1.82, 2.24) is 19.9 Å². The first-order valence-electron chi connectivity index (χ1n) is 11.8. The summed E-state index contributed by atoms with van der Waals surface area (Å²) in [5.74, 6) is -1.90. The van der Waals surface area contributed by atoms with Crippen molar-refractivity contribution in [2.75, 3.05) is 5.32 Å². The van der Waals surface area contributed by atoms with E-state index in [-0.39, 0.29) is 30.2 Å². The lowest BCUT2D eigenvalue weighted by molar-refractivity contribution is -0.194. The Labute approximate surface area is 202 Å². The molecule has 2 aliphatic heterocycles. The van der Waals surface area contributed by atoms with Gasteiger partial charge >= 0.3 is 11.8 Å². The first-order chi connectivity index (χ1) is 16.8. The Morgan fingerprint density at radius 3 is 2.54 bits per heavy atom. The third-order valence-corrected chi connectivity index (χ3v) is 6.58. The van der Waals surface area contributed by atoms with E-state index >= 15 is 0 Å². The minimum absolute atomic E-state index is 0.0759. The molecule has 0 radical (unpaired) electrons. The van der Waals surface area contributed by atoms with E-state index < -0.39 is 23.8 Å². The van der Waals surface area contributed by atoms with Crippen LogP contribution in [0.25, 0.3) is 22.2 Å². The molecule has 0 spiro atoms. The van der Waals surface area contributed by atoms with Crippen LogP contribution in [0.4, 0.5) is 5.82 Å². The van der Waals surface area contributed by atoms with Crippen LogP contribution >= 0.6 is 0 Å². The molecule has 6 rings (SSSR count). The third-order valence-electron chi connectivity index (χ3n) is 6.58. The van der Waals surface area contributed by atoms with Crippen molar-refractivity contribution in [1.29, 1.82) is 0 Å². The fourth-order valence-corrected chi connectivity index (χ4v) is 4.85. The number of nitrogens with zero attached hydrogens (tertiary/aromatic N) is 3. The molecular formula is C25H27N5O5. The second kappa shape index (κ2) is 8.11. The summed E-state index contributed by atoms with van der Waals surface area (Å²) in [6.07, 6.45) is 3.85. The zero-order valence-corrected chi connectivity index (χ0v) is 19.7. The van der Waals surface area contributed by atoms with Crippen molar-refractivity contribution in [3.63, 3.8) is 0 Å². The van der Waals surface area contributed by atoms with Crippen LogP contribution in [0.15, 0.2) is 42.9 Å². The van der Waals surface area contributed by atoms with Crippen LogP contribution in [-0.4, -0.2) is 56.5 Å². The highest BCUT2D eigenvalue weighted by Gasteiger charge is 2.54. The number of fused-ring (bicyclic) bond motifs is 2. The van der Waals surface area contributed by atoms with Crippen LogP contribution in [0, 0.1) is 0 Å². The number of carbonyl (C=O) groups is 2. The molecule has 3 fully saturated rings. The summed E-state index contributed by atoms with van der Waals surface area (Å²) in [7, 11) is 0. The van der Waals surface area contributed by atoms with E-state index in [1.165, 1.54) is 6.33 Å². The Balaban J connectivity index is 1.44. The molecule has 4 heterocycles. The summed E-state index contributed by atoms with van der Waals surface area (Å²) in [6, 6.07) is 9.82. The van der Waals surface area contributed by atoms with Gasteiger partial charge in [-0.3, -0.25) is 9.59 Å². The number of rotatable bonds is 4. The quantitative estimate of drug-likeness (QED) is 0.555. The highest BCUT2D eigenvalue weighted by molar-refractivity contribution is 6.40. The molecule has 0 unspecified atom stereocenters. The van der Waals surface area contributed by atoms with E-state index in [1.807, 2.05) is 61.9 Å². The maximum Gasteiger partial charge on any atom is 0.314 e. The lowest BCUT2D eigenvalue weighted by Crippen LogP contribution is -2.36. The SMILES string of the molecule is C[C@H]1O[C@@H](n2cc(-c3ccccc3)c3c(NC(=O)C(=O)NC4CC4)ncnc32)[C@@H]2OC(C)(C)O[C@@H]21. The number of benzene rings is 1. The van der Waals surface area contributed by atoms with E-state index in [0.717, 1.165) is 24.0 Å². The van der Waals surface area contributed by atoms with Gasteiger partial charge < -0.3 is 29.4 Å². The minimum Gasteiger partial charge on any atom is -0.349 e. The lowest BCUT2D eigenvalue weighted by Gasteiger charge is -2.24. The van der Waals surface area contributed by atoms with Gasteiger partial charge in [-0.1, -0.05) is 30.3 Å². The molecule has 1 saturated carbocycles. The van der Waals surface area contributed by atoms with Crippen LogP contribution < -0.4 is 10.6 Å². The fourth-order valence-electron chi connectivity index (χ4n) is 4.85. The first kappa shape index (κ1) is 22.1. The molecule has 2 N–H and O–H groups in total. The van der Waals surface area contributed by atoms with E-state index in [4.69, 9.17) is 14.2 Å².